The summed E-state index contributed by atoms with van der Waals surface area (Å²) in [6, 6.07) is 7.39. The van der Waals surface area contributed by atoms with Crippen LogP contribution in [0.1, 0.15) is 43.2 Å². The average Bonchev–Trinajstić information content (AvgIpc) is 3.18. The largest absolute Gasteiger partial charge is 0.467 e. The Morgan fingerprint density at radius 2 is 1.86 bits per heavy atom. The van der Waals surface area contributed by atoms with Crippen molar-refractivity contribution < 1.29 is 14.3 Å². The van der Waals surface area contributed by atoms with Crippen LogP contribution in [0.4, 0.5) is 4.79 Å². The van der Waals surface area contributed by atoms with Crippen LogP contribution in [-0.2, 0) is 16.0 Å². The van der Waals surface area contributed by atoms with E-state index in [2.05, 4.69) is 16.0 Å². The molecule has 0 aliphatic heterocycles. The van der Waals surface area contributed by atoms with Crippen molar-refractivity contribution in [1.29, 1.82) is 0 Å². The third-order valence-corrected chi connectivity index (χ3v) is 6.06. The molecule has 1 aliphatic rings. The van der Waals surface area contributed by atoms with Gasteiger partial charge in [-0.25, -0.2) is 9.59 Å². The molecule has 0 aromatic heterocycles. The maximum atomic E-state index is 12.4. The number of amides is 2. The summed E-state index contributed by atoms with van der Waals surface area (Å²) in [6.45, 7) is 2.58. The standard InChI is InChI=1S/C21H31N3O3S/c1-15-6-8-16(9-7-15)14-17(18(25)27-3)24-19(28)21(10-4-5-11-21)12-13-23-20(26)22-2/h6-9,17H,4-5,10-14H2,1-3H3,(H,24,28)(H2,22,23,26). The first-order valence-electron chi connectivity index (χ1n) is 9.80. The van der Waals surface area contributed by atoms with Crippen molar-refractivity contribution >= 4 is 29.2 Å². The normalized spacial score (nSPS) is 16.1. The number of benzene rings is 1. The van der Waals surface area contributed by atoms with Crippen molar-refractivity contribution in [3.8, 4) is 0 Å². The van der Waals surface area contributed by atoms with E-state index >= 15 is 0 Å². The van der Waals surface area contributed by atoms with E-state index in [0.29, 0.717) is 18.0 Å². The number of nitrogens with one attached hydrogen (secondary N) is 3. The van der Waals surface area contributed by atoms with Gasteiger partial charge in [0.25, 0.3) is 0 Å². The Morgan fingerprint density at radius 3 is 2.43 bits per heavy atom. The molecule has 0 bridgehead atoms. The SMILES string of the molecule is CNC(=O)NCCC1(C(=S)NC(Cc2ccc(C)cc2)C(=O)OC)CCCC1. The lowest BCUT2D eigenvalue weighted by molar-refractivity contribution is -0.142. The zero-order valence-corrected chi connectivity index (χ0v) is 17.8. The highest BCUT2D eigenvalue weighted by Gasteiger charge is 2.39. The van der Waals surface area contributed by atoms with Gasteiger partial charge in [-0.2, -0.15) is 0 Å². The van der Waals surface area contributed by atoms with E-state index in [1.165, 1.54) is 12.7 Å². The van der Waals surface area contributed by atoms with Crippen molar-refractivity contribution in [3.05, 3.63) is 35.4 Å². The minimum atomic E-state index is -0.524. The number of aryl methyl sites for hydroxylation is 1. The maximum Gasteiger partial charge on any atom is 0.328 e. The molecule has 1 aromatic rings. The Bertz CT molecular complexity index is 685. The Morgan fingerprint density at radius 1 is 1.21 bits per heavy atom. The van der Waals surface area contributed by atoms with Crippen LogP contribution >= 0.6 is 12.2 Å². The second-order valence-corrected chi connectivity index (χ2v) is 7.89. The Balaban J connectivity index is 2.07. The van der Waals surface area contributed by atoms with Gasteiger partial charge in [-0.15, -0.1) is 0 Å². The summed E-state index contributed by atoms with van der Waals surface area (Å²) in [5.41, 5.74) is 2.05. The van der Waals surface area contributed by atoms with Crippen molar-refractivity contribution in [3.63, 3.8) is 0 Å². The van der Waals surface area contributed by atoms with Crippen LogP contribution in [0.5, 0.6) is 0 Å². The van der Waals surface area contributed by atoms with Gasteiger partial charge in [-0.05, 0) is 31.7 Å². The lowest BCUT2D eigenvalue weighted by Gasteiger charge is -2.32. The molecule has 1 atom stereocenters. The van der Waals surface area contributed by atoms with Crippen molar-refractivity contribution in [2.24, 2.45) is 5.41 Å². The molecule has 28 heavy (non-hydrogen) atoms. The zero-order chi connectivity index (χ0) is 20.6. The predicted octanol–water partition coefficient (Wildman–Crippen LogP) is 2.88. The number of thiocarbonyl (C=S) groups is 1. The van der Waals surface area contributed by atoms with Crippen molar-refractivity contribution in [2.45, 2.75) is 51.5 Å². The van der Waals surface area contributed by atoms with Gasteiger partial charge in [0.2, 0.25) is 0 Å². The summed E-state index contributed by atoms with van der Waals surface area (Å²) in [7, 11) is 2.99. The van der Waals surface area contributed by atoms with Gasteiger partial charge in [0, 0.05) is 25.4 Å². The van der Waals surface area contributed by atoms with Crippen molar-refractivity contribution in [1.82, 2.24) is 16.0 Å². The molecule has 0 spiro atoms. The highest BCUT2D eigenvalue weighted by molar-refractivity contribution is 7.80. The molecular formula is C21H31N3O3S. The number of rotatable bonds is 8. The third-order valence-electron chi connectivity index (χ3n) is 5.51. The number of hydrogen-bond donors (Lipinski definition) is 3. The van der Waals surface area contributed by atoms with Gasteiger partial charge in [-0.3, -0.25) is 0 Å². The maximum absolute atomic E-state index is 12.4. The molecule has 1 saturated carbocycles. The Kier molecular flexibility index (Phi) is 8.23. The van der Waals surface area contributed by atoms with E-state index in [1.807, 2.05) is 31.2 Å². The fourth-order valence-corrected chi connectivity index (χ4v) is 4.20. The monoisotopic (exact) mass is 405 g/mol. The molecule has 2 amide bonds. The highest BCUT2D eigenvalue weighted by atomic mass is 32.1. The smallest absolute Gasteiger partial charge is 0.328 e. The second-order valence-electron chi connectivity index (χ2n) is 7.48. The van der Waals surface area contributed by atoms with E-state index in [0.717, 1.165) is 37.7 Å². The summed E-state index contributed by atoms with van der Waals surface area (Å²) < 4.78 is 5.01. The van der Waals surface area contributed by atoms with Gasteiger partial charge in [0.15, 0.2) is 0 Å². The summed E-state index contributed by atoms with van der Waals surface area (Å²) >= 11 is 5.77. The van der Waals surface area contributed by atoms with Crippen LogP contribution in [0.25, 0.3) is 0 Å². The molecule has 7 heteroatoms. The molecule has 3 N–H and O–H groups in total. The summed E-state index contributed by atoms with van der Waals surface area (Å²) in [5.74, 6) is -0.320. The molecule has 0 radical (unpaired) electrons. The van der Waals surface area contributed by atoms with Gasteiger partial charge >= 0.3 is 12.0 Å². The molecule has 2 rings (SSSR count). The lowest BCUT2D eigenvalue weighted by Crippen LogP contribution is -2.49. The number of hydrogen-bond acceptors (Lipinski definition) is 4. The molecule has 1 aliphatic carbocycles. The van der Waals surface area contributed by atoms with Gasteiger partial charge in [-0.1, -0.05) is 54.9 Å². The van der Waals surface area contributed by atoms with Gasteiger partial charge < -0.3 is 20.7 Å². The summed E-state index contributed by atoms with van der Waals surface area (Å²) in [5, 5.41) is 8.69. The molecule has 6 nitrogen and oxygen atoms in total. The first kappa shape index (κ1) is 22.1. The van der Waals surface area contributed by atoms with E-state index in [-0.39, 0.29) is 17.4 Å². The molecule has 1 unspecified atom stereocenters. The van der Waals surface area contributed by atoms with E-state index in [4.69, 9.17) is 17.0 Å². The van der Waals surface area contributed by atoms with Crippen LogP contribution in [-0.4, -0.2) is 43.7 Å². The fourth-order valence-electron chi connectivity index (χ4n) is 3.75. The minimum absolute atomic E-state index is 0.185. The van der Waals surface area contributed by atoms with Gasteiger partial charge in [0.1, 0.15) is 6.04 Å². The molecule has 1 fully saturated rings. The second kappa shape index (κ2) is 10.4. The molecule has 0 saturated heterocycles. The molecule has 1 aromatic carbocycles. The minimum Gasteiger partial charge on any atom is -0.467 e. The molecule has 0 heterocycles. The predicted molar refractivity (Wildman–Crippen MR) is 114 cm³/mol. The molecular weight excluding hydrogens is 374 g/mol. The average molecular weight is 406 g/mol. The number of methoxy groups -OCH3 is 1. The number of carbonyl (C=O) groups excluding carboxylic acids is 2. The summed E-state index contributed by atoms with van der Waals surface area (Å²) in [4.78, 5) is 24.5. The number of urea groups is 1. The van der Waals surface area contributed by atoms with Gasteiger partial charge in [0.05, 0.1) is 12.1 Å². The quantitative estimate of drug-likeness (QED) is 0.458. The zero-order valence-electron chi connectivity index (χ0n) is 17.0. The third kappa shape index (κ3) is 5.92. The highest BCUT2D eigenvalue weighted by Crippen LogP contribution is 2.42. The Labute approximate surface area is 172 Å². The van der Waals surface area contributed by atoms with E-state index in [9.17, 15) is 9.59 Å². The van der Waals surface area contributed by atoms with Crippen LogP contribution in [0.3, 0.4) is 0 Å². The number of ether oxygens (including phenoxy) is 1. The fraction of sp³-hybridized carbons (Fsp3) is 0.571. The van der Waals surface area contributed by atoms with Crippen molar-refractivity contribution in [2.75, 3.05) is 20.7 Å². The number of esters is 1. The van der Waals surface area contributed by atoms with E-state index < -0.39 is 6.04 Å². The van der Waals surface area contributed by atoms with E-state index in [1.54, 1.807) is 7.05 Å². The first-order chi connectivity index (χ1) is 13.4. The van der Waals surface area contributed by atoms with Crippen LogP contribution in [0.15, 0.2) is 24.3 Å². The first-order valence-corrected chi connectivity index (χ1v) is 10.2. The topological polar surface area (TPSA) is 79.5 Å². The molecule has 154 valence electrons. The van der Waals surface area contributed by atoms with Crippen LogP contribution in [0.2, 0.25) is 0 Å². The lowest BCUT2D eigenvalue weighted by atomic mass is 9.82. The number of carbonyl (C=O) groups is 2. The van der Waals surface area contributed by atoms with Crippen LogP contribution in [0, 0.1) is 12.3 Å². The Hall–Kier alpha value is -2.15. The van der Waals surface area contributed by atoms with Crippen LogP contribution < -0.4 is 16.0 Å². The summed E-state index contributed by atoms with van der Waals surface area (Å²) in [6.07, 6.45) is 5.40.